The summed E-state index contributed by atoms with van der Waals surface area (Å²) in [5.41, 5.74) is 1.65. The van der Waals surface area contributed by atoms with Crippen molar-refractivity contribution in [2.45, 2.75) is 64.5 Å². The van der Waals surface area contributed by atoms with Crippen LogP contribution < -0.4 is 0 Å². The van der Waals surface area contributed by atoms with Crippen LogP contribution in [0, 0.1) is 0 Å². The molecule has 28 heavy (non-hydrogen) atoms. The lowest BCUT2D eigenvalue weighted by Gasteiger charge is -2.42. The minimum atomic E-state index is -0.540. The zero-order valence-corrected chi connectivity index (χ0v) is 17.2. The second-order valence-corrected chi connectivity index (χ2v) is 8.60. The Kier molecular flexibility index (Phi) is 6.37. The van der Waals surface area contributed by atoms with E-state index in [4.69, 9.17) is 4.74 Å². The van der Waals surface area contributed by atoms with Crippen LogP contribution in [-0.4, -0.2) is 52.0 Å². The number of carbonyl (C=O) groups excluding carboxylic acids is 2. The maximum Gasteiger partial charge on any atom is 0.410 e. The Bertz CT molecular complexity index is 724. The zero-order chi connectivity index (χ0) is 20.1. The van der Waals surface area contributed by atoms with Gasteiger partial charge >= 0.3 is 6.09 Å². The molecular weight excluding hydrogens is 354 g/mol. The number of amides is 2. The molecule has 6 nitrogen and oxygen atoms in total. The monoisotopic (exact) mass is 385 g/mol. The van der Waals surface area contributed by atoms with Crippen LogP contribution in [0.25, 0.3) is 0 Å². The number of allylic oxidation sites excluding steroid dienone is 1. The summed E-state index contributed by atoms with van der Waals surface area (Å²) in [6, 6.07) is 3.64. The van der Waals surface area contributed by atoms with Crippen LogP contribution in [0.1, 0.15) is 64.5 Å². The summed E-state index contributed by atoms with van der Waals surface area (Å²) in [4.78, 5) is 33.5. The summed E-state index contributed by atoms with van der Waals surface area (Å²) < 4.78 is 5.54. The Morgan fingerprint density at radius 1 is 1.25 bits per heavy atom. The summed E-state index contributed by atoms with van der Waals surface area (Å²) in [6.07, 6.45) is 10.3. The molecule has 1 atom stereocenters. The van der Waals surface area contributed by atoms with Crippen LogP contribution in [0.3, 0.4) is 0 Å². The molecule has 0 spiro atoms. The predicted octanol–water partition coefficient (Wildman–Crippen LogP) is 4.09. The van der Waals surface area contributed by atoms with Crippen LogP contribution in [0.4, 0.5) is 4.79 Å². The fraction of sp³-hybridized carbons (Fsp3) is 0.591. The molecule has 1 fully saturated rings. The highest BCUT2D eigenvalue weighted by Crippen LogP contribution is 2.29. The van der Waals surface area contributed by atoms with E-state index in [1.165, 1.54) is 12.0 Å². The molecule has 3 rings (SSSR count). The van der Waals surface area contributed by atoms with Gasteiger partial charge < -0.3 is 14.5 Å². The third-order valence-electron chi connectivity index (χ3n) is 5.18. The third kappa shape index (κ3) is 5.33. The molecule has 0 N–H and O–H groups in total. The molecule has 0 aromatic carbocycles. The van der Waals surface area contributed by atoms with Crippen molar-refractivity contribution in [3.05, 3.63) is 41.7 Å². The van der Waals surface area contributed by atoms with Gasteiger partial charge in [-0.15, -0.1) is 0 Å². The SMILES string of the molecule is CC(C)(C)OC(=O)N1CCN(C(=O)CC2=CCCCC2)[C@H](c2cccnc2)C1. The van der Waals surface area contributed by atoms with Gasteiger partial charge in [0, 0.05) is 38.4 Å². The van der Waals surface area contributed by atoms with Crippen LogP contribution in [-0.2, 0) is 9.53 Å². The normalized spacial score (nSPS) is 20.5. The number of carbonyl (C=O) groups is 2. The Balaban J connectivity index is 1.75. The molecule has 1 aliphatic heterocycles. The molecular formula is C22H31N3O3. The summed E-state index contributed by atoms with van der Waals surface area (Å²) >= 11 is 0. The van der Waals surface area contributed by atoms with Gasteiger partial charge in [0.1, 0.15) is 5.60 Å². The molecule has 1 saturated heterocycles. The van der Waals surface area contributed by atoms with E-state index in [2.05, 4.69) is 11.1 Å². The van der Waals surface area contributed by atoms with E-state index in [-0.39, 0.29) is 18.0 Å². The number of hydrogen-bond acceptors (Lipinski definition) is 4. The molecule has 0 bridgehead atoms. The zero-order valence-electron chi connectivity index (χ0n) is 17.2. The Morgan fingerprint density at radius 2 is 2.07 bits per heavy atom. The maximum atomic E-state index is 13.1. The highest BCUT2D eigenvalue weighted by Gasteiger charge is 2.35. The highest BCUT2D eigenvalue weighted by atomic mass is 16.6. The molecule has 1 aromatic rings. The number of aromatic nitrogens is 1. The van der Waals surface area contributed by atoms with Gasteiger partial charge in [0.05, 0.1) is 6.04 Å². The average Bonchev–Trinajstić information content (AvgIpc) is 2.67. The van der Waals surface area contributed by atoms with Gasteiger partial charge in [-0.25, -0.2) is 4.79 Å². The molecule has 2 aliphatic rings. The van der Waals surface area contributed by atoms with Gasteiger partial charge in [0.15, 0.2) is 0 Å². The fourth-order valence-corrected chi connectivity index (χ4v) is 3.79. The highest BCUT2D eigenvalue weighted by molar-refractivity contribution is 5.80. The molecule has 152 valence electrons. The summed E-state index contributed by atoms with van der Waals surface area (Å²) in [7, 11) is 0. The summed E-state index contributed by atoms with van der Waals surface area (Å²) in [6.45, 7) is 7.00. The number of piperazine rings is 1. The van der Waals surface area contributed by atoms with Gasteiger partial charge in [-0.05, 0) is 58.1 Å². The Labute approximate surface area is 167 Å². The lowest BCUT2D eigenvalue weighted by Crippen LogP contribution is -2.53. The number of hydrogen-bond donors (Lipinski definition) is 0. The van der Waals surface area contributed by atoms with Crippen molar-refractivity contribution in [1.29, 1.82) is 0 Å². The van der Waals surface area contributed by atoms with E-state index < -0.39 is 5.60 Å². The molecule has 1 aliphatic carbocycles. The van der Waals surface area contributed by atoms with Gasteiger partial charge in [0.25, 0.3) is 0 Å². The molecule has 0 saturated carbocycles. The van der Waals surface area contributed by atoms with Crippen molar-refractivity contribution >= 4 is 12.0 Å². The number of pyridine rings is 1. The average molecular weight is 386 g/mol. The quantitative estimate of drug-likeness (QED) is 0.735. The molecule has 2 amide bonds. The number of ether oxygens (including phenoxy) is 1. The number of rotatable bonds is 3. The van der Waals surface area contributed by atoms with Crippen molar-refractivity contribution in [3.8, 4) is 0 Å². The third-order valence-corrected chi connectivity index (χ3v) is 5.18. The van der Waals surface area contributed by atoms with Crippen molar-refractivity contribution in [1.82, 2.24) is 14.8 Å². The van der Waals surface area contributed by atoms with E-state index >= 15 is 0 Å². The second kappa shape index (κ2) is 8.76. The van der Waals surface area contributed by atoms with E-state index in [0.717, 1.165) is 24.8 Å². The first-order chi connectivity index (χ1) is 13.3. The standard InChI is InChI=1S/C22H31N3O3/c1-22(2,3)28-21(27)24-12-13-25(19(16-24)18-10-7-11-23-15-18)20(26)14-17-8-5-4-6-9-17/h7-8,10-11,15,19H,4-6,9,12-14,16H2,1-3H3/t19-/m0/s1. The first-order valence-electron chi connectivity index (χ1n) is 10.2. The first-order valence-corrected chi connectivity index (χ1v) is 10.2. The predicted molar refractivity (Wildman–Crippen MR) is 108 cm³/mol. The molecule has 0 unspecified atom stereocenters. The summed E-state index contributed by atoms with van der Waals surface area (Å²) in [5, 5.41) is 0. The largest absolute Gasteiger partial charge is 0.444 e. The van der Waals surface area contributed by atoms with Gasteiger partial charge in [-0.3, -0.25) is 9.78 Å². The molecule has 1 aromatic heterocycles. The smallest absolute Gasteiger partial charge is 0.410 e. The van der Waals surface area contributed by atoms with Crippen molar-refractivity contribution < 1.29 is 14.3 Å². The van der Waals surface area contributed by atoms with Crippen LogP contribution in [0.2, 0.25) is 0 Å². The van der Waals surface area contributed by atoms with E-state index in [1.54, 1.807) is 17.3 Å². The fourth-order valence-electron chi connectivity index (χ4n) is 3.79. The molecule has 0 radical (unpaired) electrons. The summed E-state index contributed by atoms with van der Waals surface area (Å²) in [5.74, 6) is 0.130. The van der Waals surface area contributed by atoms with Crippen molar-refractivity contribution in [3.63, 3.8) is 0 Å². The van der Waals surface area contributed by atoms with Crippen LogP contribution >= 0.6 is 0 Å². The van der Waals surface area contributed by atoms with E-state index in [9.17, 15) is 9.59 Å². The first kappa shape index (κ1) is 20.4. The number of nitrogens with zero attached hydrogens (tertiary/aromatic N) is 3. The van der Waals surface area contributed by atoms with Crippen LogP contribution in [0.15, 0.2) is 36.2 Å². The van der Waals surface area contributed by atoms with Gasteiger partial charge in [0.2, 0.25) is 5.91 Å². The lowest BCUT2D eigenvalue weighted by molar-refractivity contribution is -0.135. The maximum absolute atomic E-state index is 13.1. The second-order valence-electron chi connectivity index (χ2n) is 8.60. The Morgan fingerprint density at radius 3 is 2.71 bits per heavy atom. The van der Waals surface area contributed by atoms with E-state index in [1.807, 2.05) is 37.8 Å². The van der Waals surface area contributed by atoms with Gasteiger partial charge in [-0.2, -0.15) is 0 Å². The van der Waals surface area contributed by atoms with Crippen molar-refractivity contribution in [2.24, 2.45) is 0 Å². The van der Waals surface area contributed by atoms with Crippen molar-refractivity contribution in [2.75, 3.05) is 19.6 Å². The Hall–Kier alpha value is -2.37. The van der Waals surface area contributed by atoms with E-state index in [0.29, 0.717) is 26.1 Å². The topological polar surface area (TPSA) is 62.7 Å². The van der Waals surface area contributed by atoms with Gasteiger partial charge in [-0.1, -0.05) is 17.7 Å². The minimum Gasteiger partial charge on any atom is -0.444 e. The minimum absolute atomic E-state index is 0.130. The lowest BCUT2D eigenvalue weighted by atomic mass is 9.96. The van der Waals surface area contributed by atoms with Crippen LogP contribution in [0.5, 0.6) is 0 Å². The molecule has 6 heteroatoms. The molecule has 2 heterocycles.